The fraction of sp³-hybridized carbons (Fsp3) is 0.500. The van der Waals surface area contributed by atoms with Crippen LogP contribution in [0.25, 0.3) is 0 Å². The Kier molecular flexibility index (Phi) is 5.27. The largest absolute Gasteiger partial charge is 0.323 e. The third kappa shape index (κ3) is 3.44. The molecule has 0 saturated heterocycles. The number of amides is 3. The van der Waals surface area contributed by atoms with Crippen LogP contribution in [0.1, 0.15) is 44.4 Å². The molecule has 10 heteroatoms. The molecule has 1 aliphatic carbocycles. The lowest BCUT2D eigenvalue weighted by molar-refractivity contribution is -0.120. The maximum Gasteiger partial charge on any atom is 0.323 e. The Hall–Kier alpha value is -2.62. The standard InChI is InChI=1S/C22H29F2N5O2S/c1-21(2)17-14(12-29(21)20(31)25-16-8-7-13(23)11-15(16)24)18(28-27-17)26-19(30)22(9-6-10-22)32(3,4)5/h7-8,11H,6,9-10,12H2,1-5H3,(H,25,31)(H2,26,27,28,30). The average molecular weight is 466 g/mol. The van der Waals surface area contributed by atoms with E-state index in [0.717, 1.165) is 37.0 Å². The number of urea groups is 1. The third-order valence-corrected chi connectivity index (χ3v) is 9.81. The van der Waals surface area contributed by atoms with Gasteiger partial charge in [-0.05, 0) is 64.0 Å². The van der Waals surface area contributed by atoms with Crippen LogP contribution in [-0.4, -0.2) is 50.5 Å². The highest BCUT2D eigenvalue weighted by molar-refractivity contribution is 8.33. The van der Waals surface area contributed by atoms with Gasteiger partial charge in [-0.15, -0.1) is 0 Å². The lowest BCUT2D eigenvalue weighted by Gasteiger charge is -2.53. The molecular formula is C22H29F2N5O2S. The van der Waals surface area contributed by atoms with Gasteiger partial charge in [0.2, 0.25) is 5.91 Å². The smallest absolute Gasteiger partial charge is 0.309 e. The minimum Gasteiger partial charge on any atom is -0.309 e. The van der Waals surface area contributed by atoms with Crippen molar-refractivity contribution in [1.29, 1.82) is 0 Å². The van der Waals surface area contributed by atoms with Gasteiger partial charge >= 0.3 is 6.03 Å². The topological polar surface area (TPSA) is 90.1 Å². The molecule has 2 aromatic rings. The first-order valence-corrected chi connectivity index (χ1v) is 13.3. The van der Waals surface area contributed by atoms with E-state index in [9.17, 15) is 18.4 Å². The molecule has 2 heterocycles. The summed E-state index contributed by atoms with van der Waals surface area (Å²) in [5.41, 5.74) is 0.578. The van der Waals surface area contributed by atoms with E-state index in [4.69, 9.17) is 0 Å². The van der Waals surface area contributed by atoms with Crippen molar-refractivity contribution in [2.45, 2.75) is 49.9 Å². The van der Waals surface area contributed by atoms with Crippen LogP contribution in [0.3, 0.4) is 0 Å². The van der Waals surface area contributed by atoms with Crippen LogP contribution >= 0.6 is 10.0 Å². The second-order valence-corrected chi connectivity index (χ2v) is 14.2. The molecule has 1 fully saturated rings. The van der Waals surface area contributed by atoms with Gasteiger partial charge in [-0.3, -0.25) is 9.89 Å². The number of aromatic nitrogens is 2. The molecule has 1 saturated carbocycles. The second-order valence-electron chi connectivity index (χ2n) is 9.76. The molecule has 0 spiro atoms. The van der Waals surface area contributed by atoms with Crippen LogP contribution in [-0.2, 0) is 16.9 Å². The van der Waals surface area contributed by atoms with Crippen LogP contribution in [0.5, 0.6) is 0 Å². The lowest BCUT2D eigenvalue weighted by Crippen LogP contribution is -2.51. The van der Waals surface area contributed by atoms with Gasteiger partial charge in [0.1, 0.15) is 11.6 Å². The average Bonchev–Trinajstić information content (AvgIpc) is 3.13. The van der Waals surface area contributed by atoms with Crippen molar-refractivity contribution in [3.8, 4) is 0 Å². The molecule has 1 aromatic carbocycles. The molecule has 3 N–H and O–H groups in total. The van der Waals surface area contributed by atoms with Gasteiger partial charge in [-0.25, -0.2) is 23.6 Å². The molecule has 2 aliphatic rings. The number of hydrogen-bond acceptors (Lipinski definition) is 3. The first kappa shape index (κ1) is 22.6. The van der Waals surface area contributed by atoms with Crippen LogP contribution in [0.15, 0.2) is 18.2 Å². The van der Waals surface area contributed by atoms with Crippen LogP contribution in [0.4, 0.5) is 25.1 Å². The van der Waals surface area contributed by atoms with Crippen molar-refractivity contribution in [3.05, 3.63) is 41.1 Å². The normalized spacial score (nSPS) is 19.2. The van der Waals surface area contributed by atoms with E-state index in [2.05, 4.69) is 39.6 Å². The van der Waals surface area contributed by atoms with Crippen molar-refractivity contribution in [2.75, 3.05) is 29.4 Å². The fourth-order valence-electron chi connectivity index (χ4n) is 4.56. The summed E-state index contributed by atoms with van der Waals surface area (Å²) in [4.78, 5) is 27.7. The van der Waals surface area contributed by atoms with E-state index in [-0.39, 0.29) is 22.9 Å². The number of nitrogens with one attached hydrogen (secondary N) is 3. The maximum atomic E-state index is 14.0. The zero-order valence-electron chi connectivity index (χ0n) is 18.9. The summed E-state index contributed by atoms with van der Waals surface area (Å²) in [6.07, 6.45) is 9.25. The van der Waals surface area contributed by atoms with Crippen molar-refractivity contribution in [3.63, 3.8) is 0 Å². The van der Waals surface area contributed by atoms with Crippen molar-refractivity contribution in [1.82, 2.24) is 15.1 Å². The molecule has 174 valence electrons. The number of anilines is 2. The molecule has 7 nitrogen and oxygen atoms in total. The van der Waals surface area contributed by atoms with Crippen molar-refractivity contribution >= 4 is 33.5 Å². The molecule has 3 amide bonds. The number of hydrogen-bond donors (Lipinski definition) is 3. The van der Waals surface area contributed by atoms with Crippen LogP contribution in [0, 0.1) is 11.6 Å². The van der Waals surface area contributed by atoms with Gasteiger partial charge in [0, 0.05) is 11.6 Å². The summed E-state index contributed by atoms with van der Waals surface area (Å²) in [5.74, 6) is -1.16. The number of H-pyrrole nitrogens is 1. The van der Waals surface area contributed by atoms with Gasteiger partial charge in [-0.1, -0.05) is 0 Å². The van der Waals surface area contributed by atoms with Crippen molar-refractivity contribution in [2.24, 2.45) is 0 Å². The Morgan fingerprint density at radius 2 is 1.84 bits per heavy atom. The predicted molar refractivity (Wildman–Crippen MR) is 123 cm³/mol. The van der Waals surface area contributed by atoms with Crippen molar-refractivity contribution < 1.29 is 18.4 Å². The predicted octanol–water partition coefficient (Wildman–Crippen LogP) is 4.53. The number of aromatic amines is 1. The number of fused-ring (bicyclic) bond motifs is 1. The molecule has 0 bridgehead atoms. The first-order chi connectivity index (χ1) is 14.9. The molecule has 0 atom stereocenters. The Morgan fingerprint density at radius 1 is 1.16 bits per heavy atom. The quantitative estimate of drug-likeness (QED) is 0.620. The van der Waals surface area contributed by atoms with E-state index >= 15 is 0 Å². The fourth-order valence-corrected chi connectivity index (χ4v) is 6.68. The molecule has 1 aliphatic heterocycles. The Balaban J connectivity index is 1.54. The summed E-state index contributed by atoms with van der Waals surface area (Å²) >= 11 is 0. The molecule has 32 heavy (non-hydrogen) atoms. The highest BCUT2D eigenvalue weighted by Gasteiger charge is 2.51. The molecule has 1 aromatic heterocycles. The molecular weight excluding hydrogens is 436 g/mol. The number of halogens is 2. The summed E-state index contributed by atoms with van der Waals surface area (Å²) in [5, 5.41) is 12.8. The Labute approximate surface area is 187 Å². The summed E-state index contributed by atoms with van der Waals surface area (Å²) in [6, 6.07) is 2.46. The summed E-state index contributed by atoms with van der Waals surface area (Å²) < 4.78 is 26.8. The van der Waals surface area contributed by atoms with E-state index in [1.807, 2.05) is 13.8 Å². The van der Waals surface area contributed by atoms with Crippen LogP contribution < -0.4 is 10.6 Å². The van der Waals surface area contributed by atoms with Gasteiger partial charge in [-0.2, -0.15) is 5.10 Å². The number of benzene rings is 1. The summed E-state index contributed by atoms with van der Waals surface area (Å²) in [6.45, 7) is 3.88. The highest BCUT2D eigenvalue weighted by atomic mass is 32.3. The lowest BCUT2D eigenvalue weighted by atomic mass is 9.83. The van der Waals surface area contributed by atoms with Gasteiger partial charge in [0.05, 0.1) is 28.2 Å². The Morgan fingerprint density at radius 3 is 2.41 bits per heavy atom. The second kappa shape index (κ2) is 7.47. The molecule has 4 rings (SSSR count). The van der Waals surface area contributed by atoms with E-state index in [0.29, 0.717) is 11.5 Å². The van der Waals surface area contributed by atoms with Gasteiger partial charge in [0.15, 0.2) is 5.82 Å². The molecule has 0 radical (unpaired) electrons. The van der Waals surface area contributed by atoms with E-state index in [1.54, 1.807) is 0 Å². The van der Waals surface area contributed by atoms with Crippen LogP contribution in [0.2, 0.25) is 0 Å². The SMILES string of the molecule is CC1(C)c2[nH]nc(NC(=O)C3(S(C)(C)C)CCC3)c2CN1C(=O)Nc1ccc(F)cc1F. The zero-order chi connectivity index (χ0) is 23.5. The maximum absolute atomic E-state index is 14.0. The number of rotatable bonds is 4. The highest BCUT2D eigenvalue weighted by Crippen LogP contribution is 2.60. The monoisotopic (exact) mass is 465 g/mol. The third-order valence-electron chi connectivity index (χ3n) is 6.87. The van der Waals surface area contributed by atoms with Gasteiger partial charge < -0.3 is 15.5 Å². The first-order valence-electron chi connectivity index (χ1n) is 10.5. The van der Waals surface area contributed by atoms with E-state index < -0.39 is 33.2 Å². The van der Waals surface area contributed by atoms with E-state index in [1.165, 1.54) is 11.0 Å². The summed E-state index contributed by atoms with van der Waals surface area (Å²) in [7, 11) is -1.12. The number of carbonyl (C=O) groups is 2. The zero-order valence-corrected chi connectivity index (χ0v) is 19.8. The number of nitrogens with zero attached hydrogens (tertiary/aromatic N) is 2. The Bertz CT molecular complexity index is 1090. The van der Waals surface area contributed by atoms with Gasteiger partial charge in [0.25, 0.3) is 0 Å². The minimum absolute atomic E-state index is 0.0189. The minimum atomic E-state index is -1.12. The molecule has 0 unspecified atom stereocenters. The number of carbonyl (C=O) groups excluding carboxylic acids is 2.